The van der Waals surface area contributed by atoms with Gasteiger partial charge in [0.1, 0.15) is 12.2 Å². The zero-order chi connectivity index (χ0) is 25.8. The van der Waals surface area contributed by atoms with Gasteiger partial charge in [-0.25, -0.2) is 22.5 Å². The summed E-state index contributed by atoms with van der Waals surface area (Å²) in [6.07, 6.45) is -6.51. The van der Waals surface area contributed by atoms with Crippen LogP contribution in [-0.2, 0) is 31.6 Å². The number of anilines is 1. The molecule has 1 aliphatic rings. The van der Waals surface area contributed by atoms with Crippen molar-refractivity contribution in [3.8, 4) is 0 Å². The third-order valence-corrected chi connectivity index (χ3v) is 7.48. The Morgan fingerprint density at radius 1 is 1.35 bits per heavy atom. The van der Waals surface area contributed by atoms with Crippen molar-refractivity contribution in [3.63, 3.8) is 0 Å². The normalized spacial score (nSPS) is 32.1. The van der Waals surface area contributed by atoms with E-state index in [4.69, 9.17) is 40.1 Å². The van der Waals surface area contributed by atoms with E-state index in [0.717, 1.165) is 0 Å². The average Bonchev–Trinajstić information content (AvgIpc) is 2.77. The molecular formula is C10H16F2N3O12P3S. The first-order valence-electron chi connectivity index (χ1n) is 8.49. The van der Waals surface area contributed by atoms with Gasteiger partial charge in [-0.05, 0) is 19.1 Å². The minimum atomic E-state index is -6.04. The van der Waals surface area contributed by atoms with Crippen LogP contribution in [0.15, 0.2) is 6.20 Å². The molecule has 0 radical (unpaired) electrons. The largest absolute Gasteiger partial charge is 0.490 e. The number of hydrogen-bond acceptors (Lipinski definition) is 11. The second kappa shape index (κ2) is 8.91. The first kappa shape index (κ1) is 23.4. The number of aromatic nitrogens is 2. The smallest absolute Gasteiger partial charge is 0.387 e. The molecule has 6 atom stereocenters. The van der Waals surface area contributed by atoms with Gasteiger partial charge in [-0.15, -0.1) is 0 Å². The summed E-state index contributed by atoms with van der Waals surface area (Å²) in [5.74, 6) is -1.84. The van der Waals surface area contributed by atoms with Gasteiger partial charge < -0.3 is 35.2 Å². The number of nitrogen functional groups attached to an aromatic ring is 1. The predicted octanol–water partition coefficient (Wildman–Crippen LogP) is 0.664. The lowest BCUT2D eigenvalue weighted by Gasteiger charge is -2.25. The summed E-state index contributed by atoms with van der Waals surface area (Å²) in [6.45, 7) is -3.00. The fraction of sp³-hybridized carbons (Fsp3) is 0.600. The number of phosphoric ester groups is 1. The quantitative estimate of drug-likeness (QED) is 0.198. The first-order valence-corrected chi connectivity index (χ1v) is 12.4. The lowest BCUT2D eigenvalue weighted by atomic mass is 9.98. The highest BCUT2D eigenvalue weighted by Gasteiger charge is 2.56. The summed E-state index contributed by atoms with van der Waals surface area (Å²) in [4.78, 5) is 39.1. The zero-order valence-electron chi connectivity index (χ0n) is 16.9. The fourth-order valence-electron chi connectivity index (χ4n) is 2.26. The van der Waals surface area contributed by atoms with Crippen LogP contribution in [0.4, 0.5) is 14.6 Å². The fourth-order valence-corrected chi connectivity index (χ4v) is 5.38. The van der Waals surface area contributed by atoms with Gasteiger partial charge in [0.15, 0.2) is 23.5 Å². The molecule has 2 heterocycles. The van der Waals surface area contributed by atoms with Gasteiger partial charge >= 0.3 is 23.5 Å². The molecule has 1 aromatic rings. The summed E-state index contributed by atoms with van der Waals surface area (Å²) in [5, 5.41) is 10.2. The molecule has 1 aliphatic heterocycles. The summed E-state index contributed by atoms with van der Waals surface area (Å²) in [6, 6.07) is 0. The highest BCUT2D eigenvalue weighted by atomic mass is 32.1. The molecule has 0 bridgehead atoms. The van der Waals surface area contributed by atoms with Gasteiger partial charge in [-0.1, -0.05) is 0 Å². The van der Waals surface area contributed by atoms with Crippen molar-refractivity contribution in [3.05, 3.63) is 16.8 Å². The minimum absolute atomic E-state index is 0.533. The molecule has 1 aromatic heterocycles. The van der Waals surface area contributed by atoms with Crippen LogP contribution in [0.5, 0.6) is 0 Å². The molecule has 0 aromatic carbocycles. The van der Waals surface area contributed by atoms with Gasteiger partial charge in [0.05, 0.1) is 9.30 Å². The van der Waals surface area contributed by atoms with Crippen molar-refractivity contribution >= 4 is 41.5 Å². The number of aliphatic hydroxyl groups is 1. The van der Waals surface area contributed by atoms with Crippen molar-refractivity contribution in [2.24, 2.45) is 0 Å². The Morgan fingerprint density at radius 3 is 2.48 bits per heavy atom. The Kier molecular flexibility index (Phi) is 6.74. The van der Waals surface area contributed by atoms with E-state index in [2.05, 4.69) is 18.1 Å². The maximum atomic E-state index is 15.2. The van der Waals surface area contributed by atoms with Crippen molar-refractivity contribution in [2.75, 3.05) is 12.3 Å². The van der Waals surface area contributed by atoms with Crippen molar-refractivity contribution in [2.45, 2.75) is 31.0 Å². The summed E-state index contributed by atoms with van der Waals surface area (Å²) in [7, 11) is -17.8. The third kappa shape index (κ3) is 6.65. The van der Waals surface area contributed by atoms with Gasteiger partial charge in [-0.3, -0.25) is 9.09 Å². The highest BCUT2D eigenvalue weighted by molar-refractivity contribution is 7.71. The van der Waals surface area contributed by atoms with Gasteiger partial charge in [0, 0.05) is 6.20 Å². The highest BCUT2D eigenvalue weighted by Crippen LogP contribution is 2.66. The van der Waals surface area contributed by atoms with Crippen LogP contribution in [0.2, 0.25) is 0 Å². The number of phosphoric acid groups is 3. The third-order valence-electron chi connectivity index (χ3n) is 3.51. The van der Waals surface area contributed by atoms with Gasteiger partial charge in [0.25, 0.3) is 0 Å². The average molecular weight is 535 g/mol. The van der Waals surface area contributed by atoms with E-state index >= 15 is 4.39 Å². The number of nitrogens with two attached hydrogens (primary N) is 1. The van der Waals surface area contributed by atoms with E-state index in [1.165, 1.54) is 0 Å². The standard InChI is InChI=1S/C10H16F2N3O12P3S/c1-10(12)6(16)5(25-8(10)15-2-4(11)7(13)14-9(15)31)3-24-29(20,21)27-30(22,23)26-28(17,18)19/h2,5-6,8,16H,3H2,1H3,(H,20,21)(H,22,23)(H2,13,14,31)(H2,17,18,19)/t5-,6+,8-,10?/m1/s1/i3D2. The zero-order valence-corrected chi connectivity index (χ0v) is 18.4. The van der Waals surface area contributed by atoms with Crippen molar-refractivity contribution < 1.29 is 67.8 Å². The van der Waals surface area contributed by atoms with Crippen LogP contribution in [-0.4, -0.2) is 58.7 Å². The molecule has 0 saturated carbocycles. The first-order chi connectivity index (χ1) is 14.6. The van der Waals surface area contributed by atoms with E-state index in [9.17, 15) is 28.1 Å². The van der Waals surface area contributed by atoms with E-state index in [1.807, 2.05) is 0 Å². The second-order valence-electron chi connectivity index (χ2n) is 5.97. The molecule has 0 spiro atoms. The lowest BCUT2D eigenvalue weighted by Crippen LogP contribution is -2.41. The van der Waals surface area contributed by atoms with Crippen LogP contribution in [0.3, 0.4) is 0 Å². The Morgan fingerprint density at radius 2 is 1.94 bits per heavy atom. The van der Waals surface area contributed by atoms with Crippen LogP contribution < -0.4 is 5.73 Å². The molecule has 0 amide bonds. The Labute approximate surface area is 179 Å². The predicted molar refractivity (Wildman–Crippen MR) is 96.7 cm³/mol. The molecular weight excluding hydrogens is 517 g/mol. The number of nitrogens with zero attached hydrogens (tertiary/aromatic N) is 2. The molecule has 15 nitrogen and oxygen atoms in total. The minimum Gasteiger partial charge on any atom is -0.387 e. The van der Waals surface area contributed by atoms with E-state index in [-0.39, 0.29) is 0 Å². The molecule has 21 heteroatoms. The number of hydrogen-bond donors (Lipinski definition) is 6. The van der Waals surface area contributed by atoms with Crippen LogP contribution in [0.25, 0.3) is 0 Å². The van der Waals surface area contributed by atoms with E-state index < -0.39 is 70.5 Å². The maximum Gasteiger partial charge on any atom is 0.490 e. The molecule has 1 saturated heterocycles. The Hall–Kier alpha value is -0.710. The number of halogens is 2. The Balaban J connectivity index is 2.33. The summed E-state index contributed by atoms with van der Waals surface area (Å²) >= 11 is 4.81. The van der Waals surface area contributed by atoms with E-state index in [0.29, 0.717) is 17.7 Å². The number of aliphatic hydroxyl groups excluding tert-OH is 1. The van der Waals surface area contributed by atoms with Crippen LogP contribution in [0, 0.1) is 10.6 Å². The molecule has 7 N–H and O–H groups in total. The molecule has 1 fully saturated rings. The number of ether oxygens (including phenoxy) is 1. The SMILES string of the molecule is [2H]C([2H])(OP(=O)(O)OP(=O)(O)OP(=O)(O)O)[C@H]1O[C@@H](n2cc(F)c(N)nc2=S)C(C)(F)[C@H]1O. The van der Waals surface area contributed by atoms with Crippen LogP contribution in [0.1, 0.15) is 15.9 Å². The summed E-state index contributed by atoms with van der Waals surface area (Å²) in [5.41, 5.74) is 2.27. The van der Waals surface area contributed by atoms with Gasteiger partial charge in [-0.2, -0.15) is 13.6 Å². The second-order valence-corrected chi connectivity index (χ2v) is 10.7. The lowest BCUT2D eigenvalue weighted by molar-refractivity contribution is -0.0597. The van der Waals surface area contributed by atoms with Crippen molar-refractivity contribution in [1.29, 1.82) is 0 Å². The molecule has 3 unspecified atom stereocenters. The van der Waals surface area contributed by atoms with Crippen LogP contribution >= 0.6 is 35.7 Å². The maximum absolute atomic E-state index is 15.2. The monoisotopic (exact) mass is 535 g/mol. The van der Waals surface area contributed by atoms with E-state index in [1.54, 1.807) is 0 Å². The Bertz CT molecular complexity index is 1130. The number of rotatable bonds is 8. The molecule has 2 rings (SSSR count). The molecule has 31 heavy (non-hydrogen) atoms. The van der Waals surface area contributed by atoms with Crippen molar-refractivity contribution in [1.82, 2.24) is 9.55 Å². The number of alkyl halides is 1. The topological polar surface area (TPSA) is 233 Å². The molecule has 178 valence electrons. The summed E-state index contributed by atoms with van der Waals surface area (Å²) < 4.78 is 94.3. The molecule has 0 aliphatic carbocycles. The van der Waals surface area contributed by atoms with Gasteiger partial charge in [0.2, 0.25) is 4.77 Å².